The summed E-state index contributed by atoms with van der Waals surface area (Å²) in [4.78, 5) is 21.5. The smallest absolute Gasteiger partial charge is 0.315 e. The highest BCUT2D eigenvalue weighted by Crippen LogP contribution is 2.33. The number of hydrogen-bond acceptors (Lipinski definition) is 7. The van der Waals surface area contributed by atoms with Crippen molar-refractivity contribution >= 4 is 23.8 Å². The largest absolute Gasteiger partial charge is 0.481 e. The van der Waals surface area contributed by atoms with Crippen LogP contribution in [0.25, 0.3) is 0 Å². The van der Waals surface area contributed by atoms with E-state index >= 15 is 0 Å². The van der Waals surface area contributed by atoms with Crippen molar-refractivity contribution in [1.82, 2.24) is 31.3 Å². The van der Waals surface area contributed by atoms with Crippen molar-refractivity contribution in [2.75, 3.05) is 5.75 Å². The van der Waals surface area contributed by atoms with Gasteiger partial charge in [0, 0.05) is 23.8 Å². The molecule has 2 aliphatic rings. The van der Waals surface area contributed by atoms with Gasteiger partial charge in [0.2, 0.25) is 0 Å². The Morgan fingerprint density at radius 3 is 2.72 bits per heavy atom. The molecule has 2 aromatic rings. The van der Waals surface area contributed by atoms with E-state index in [1.54, 1.807) is 6.20 Å². The van der Waals surface area contributed by atoms with Gasteiger partial charge >= 0.3 is 12.0 Å². The molecule has 0 bridgehead atoms. The highest BCUT2D eigenvalue weighted by Gasteiger charge is 2.42. The third-order valence-electron chi connectivity index (χ3n) is 4.77. The number of nitrogens with zero attached hydrogens (tertiary/aromatic N) is 4. The van der Waals surface area contributed by atoms with E-state index in [1.807, 2.05) is 42.1 Å². The molecule has 10 heteroatoms. The van der Waals surface area contributed by atoms with Crippen molar-refractivity contribution in [3.05, 3.63) is 47.8 Å². The van der Waals surface area contributed by atoms with Gasteiger partial charge < -0.3 is 15.7 Å². The van der Waals surface area contributed by atoms with E-state index in [4.69, 9.17) is 5.11 Å². The first-order valence-electron chi connectivity index (χ1n) is 9.56. The number of rotatable bonds is 7. The van der Waals surface area contributed by atoms with Crippen molar-refractivity contribution in [3.8, 4) is 0 Å². The van der Waals surface area contributed by atoms with E-state index in [2.05, 4.69) is 31.3 Å². The molecule has 2 aliphatic heterocycles. The standard InChI is InChI=1S/C10H16N2O3S.C9H8N4/c13-8(14)4-2-1-3-7-9-6(5-16-7)11-10(15)12-9;1-2-4-8(5-3-1)6-9-7-10-12-13-11-9/h6-7,9H,1-5H2,(H,13,14)(H2,11,12,15);1-5,7H,6H2/t6-,7-,9-;/m0./s1. The Bertz CT molecular complexity index is 758. The predicted octanol–water partition coefficient (Wildman–Crippen LogP) is 1.65. The molecule has 4 rings (SSSR count). The molecule has 2 amide bonds. The minimum Gasteiger partial charge on any atom is -0.481 e. The Labute approximate surface area is 173 Å². The van der Waals surface area contributed by atoms with Crippen LogP contribution in [0.3, 0.4) is 0 Å². The lowest BCUT2D eigenvalue weighted by Crippen LogP contribution is -2.36. The number of carboxylic acids is 1. The van der Waals surface area contributed by atoms with E-state index < -0.39 is 5.97 Å². The fraction of sp³-hybridized carbons (Fsp3) is 0.474. The third kappa shape index (κ3) is 6.67. The topological polar surface area (TPSA) is 130 Å². The molecular weight excluding hydrogens is 392 g/mol. The molecule has 0 spiro atoms. The summed E-state index contributed by atoms with van der Waals surface area (Å²) < 4.78 is 0. The maximum absolute atomic E-state index is 11.1. The third-order valence-corrected chi connectivity index (χ3v) is 6.28. The van der Waals surface area contributed by atoms with Crippen molar-refractivity contribution in [1.29, 1.82) is 0 Å². The van der Waals surface area contributed by atoms with Crippen LogP contribution in [0.4, 0.5) is 4.79 Å². The molecule has 9 nitrogen and oxygen atoms in total. The zero-order chi connectivity index (χ0) is 20.5. The van der Waals surface area contributed by atoms with Gasteiger partial charge in [-0.05, 0) is 28.8 Å². The minimum absolute atomic E-state index is 0.0640. The molecule has 29 heavy (non-hydrogen) atoms. The van der Waals surface area contributed by atoms with Gasteiger partial charge in [0.1, 0.15) is 0 Å². The van der Waals surface area contributed by atoms with Crippen LogP contribution < -0.4 is 10.6 Å². The lowest BCUT2D eigenvalue weighted by atomic mass is 10.0. The van der Waals surface area contributed by atoms with Crippen molar-refractivity contribution in [3.63, 3.8) is 0 Å². The van der Waals surface area contributed by atoms with Crippen LogP contribution in [-0.2, 0) is 11.2 Å². The molecule has 1 aromatic carbocycles. The Kier molecular flexibility index (Phi) is 7.74. The Morgan fingerprint density at radius 1 is 1.17 bits per heavy atom. The molecule has 0 aliphatic carbocycles. The van der Waals surface area contributed by atoms with Crippen LogP contribution in [0, 0.1) is 0 Å². The summed E-state index contributed by atoms with van der Waals surface area (Å²) in [5, 5.41) is 29.1. The van der Waals surface area contributed by atoms with Crippen LogP contribution in [0.5, 0.6) is 0 Å². The number of amides is 2. The number of thioether (sulfide) groups is 1. The Morgan fingerprint density at radius 2 is 2.00 bits per heavy atom. The molecule has 0 radical (unpaired) electrons. The molecule has 3 N–H and O–H groups in total. The molecular formula is C19H24N6O3S. The number of nitrogens with one attached hydrogen (secondary N) is 2. The molecule has 2 saturated heterocycles. The monoisotopic (exact) mass is 416 g/mol. The Hall–Kier alpha value is -2.75. The number of hydrogen-bond donors (Lipinski definition) is 3. The minimum atomic E-state index is -0.729. The van der Waals surface area contributed by atoms with Gasteiger partial charge in [0.25, 0.3) is 0 Å². The van der Waals surface area contributed by atoms with E-state index in [0.717, 1.165) is 37.1 Å². The van der Waals surface area contributed by atoms with Gasteiger partial charge in [0.15, 0.2) is 0 Å². The van der Waals surface area contributed by atoms with Gasteiger partial charge in [0.05, 0.1) is 24.0 Å². The highest BCUT2D eigenvalue weighted by atomic mass is 32.2. The SMILES string of the molecule is O=C(O)CCCC[C@@H]1SC[C@@H]2NC(=O)N[C@@H]21.c1ccc(Cc2cnnnn2)cc1. The number of fused-ring (bicyclic) bond motifs is 1. The quantitative estimate of drug-likeness (QED) is 0.459. The molecule has 3 atom stereocenters. The lowest BCUT2D eigenvalue weighted by Gasteiger charge is -2.16. The molecule has 0 saturated carbocycles. The van der Waals surface area contributed by atoms with Gasteiger partial charge in [-0.3, -0.25) is 4.79 Å². The summed E-state index contributed by atoms with van der Waals surface area (Å²) in [7, 11) is 0. The summed E-state index contributed by atoms with van der Waals surface area (Å²) in [5.74, 6) is 0.236. The van der Waals surface area contributed by atoms with Crippen molar-refractivity contribution in [2.45, 2.75) is 49.4 Å². The second-order valence-corrected chi connectivity index (χ2v) is 8.21. The van der Waals surface area contributed by atoms with E-state index in [-0.39, 0.29) is 24.5 Å². The second kappa shape index (κ2) is 10.7. The highest BCUT2D eigenvalue weighted by molar-refractivity contribution is 8.00. The van der Waals surface area contributed by atoms with Crippen LogP contribution >= 0.6 is 11.8 Å². The van der Waals surface area contributed by atoms with Gasteiger partial charge in [-0.2, -0.15) is 11.8 Å². The van der Waals surface area contributed by atoms with Gasteiger partial charge in [-0.1, -0.05) is 36.8 Å². The van der Waals surface area contributed by atoms with Gasteiger partial charge in [-0.25, -0.2) is 4.79 Å². The number of carboxylic acid groups (broad SMARTS) is 1. The van der Waals surface area contributed by atoms with Crippen molar-refractivity contribution in [2.24, 2.45) is 0 Å². The average molecular weight is 417 g/mol. The maximum Gasteiger partial charge on any atom is 0.315 e. The van der Waals surface area contributed by atoms with Crippen LogP contribution in [0.2, 0.25) is 0 Å². The molecule has 154 valence electrons. The van der Waals surface area contributed by atoms with Crippen molar-refractivity contribution < 1.29 is 14.7 Å². The number of aliphatic carboxylic acids is 1. The van der Waals surface area contributed by atoms with Crippen LogP contribution in [-0.4, -0.2) is 60.8 Å². The molecule has 3 heterocycles. The summed E-state index contributed by atoms with van der Waals surface area (Å²) in [6.45, 7) is 0. The van der Waals surface area contributed by atoms with E-state index in [1.165, 1.54) is 5.56 Å². The zero-order valence-electron chi connectivity index (χ0n) is 15.9. The summed E-state index contributed by atoms with van der Waals surface area (Å²) in [6, 6.07) is 10.5. The first-order valence-corrected chi connectivity index (χ1v) is 10.6. The number of benzene rings is 1. The number of carbonyl (C=O) groups excluding carboxylic acids is 1. The normalized spacial score (nSPS) is 22.1. The summed E-state index contributed by atoms with van der Waals surface area (Å²) >= 11 is 1.87. The first-order chi connectivity index (χ1) is 14.1. The zero-order valence-corrected chi connectivity index (χ0v) is 16.7. The molecule has 0 unspecified atom stereocenters. The summed E-state index contributed by atoms with van der Waals surface area (Å²) in [6.07, 6.45) is 5.26. The molecule has 2 fully saturated rings. The van der Waals surface area contributed by atoms with Crippen LogP contribution in [0.1, 0.15) is 36.9 Å². The Balaban J connectivity index is 0.000000169. The van der Waals surface area contributed by atoms with Gasteiger partial charge in [-0.15, -0.1) is 10.2 Å². The first kappa shape index (κ1) is 21.0. The molecule has 1 aromatic heterocycles. The maximum atomic E-state index is 11.1. The van der Waals surface area contributed by atoms with E-state index in [0.29, 0.717) is 5.25 Å². The van der Waals surface area contributed by atoms with E-state index in [9.17, 15) is 9.59 Å². The summed E-state index contributed by atoms with van der Waals surface area (Å²) in [5.41, 5.74) is 2.03. The fourth-order valence-electron chi connectivity index (χ4n) is 3.37. The number of aromatic nitrogens is 4. The lowest BCUT2D eigenvalue weighted by molar-refractivity contribution is -0.137. The number of urea groups is 1. The van der Waals surface area contributed by atoms with Crippen LogP contribution in [0.15, 0.2) is 36.5 Å². The fourth-order valence-corrected chi connectivity index (χ4v) is 4.91. The second-order valence-electron chi connectivity index (χ2n) is 6.94. The number of carbonyl (C=O) groups is 2. The number of unbranched alkanes of at least 4 members (excludes halogenated alkanes) is 1. The predicted molar refractivity (Wildman–Crippen MR) is 108 cm³/mol. The average Bonchev–Trinajstić information content (AvgIpc) is 3.27.